The summed E-state index contributed by atoms with van der Waals surface area (Å²) in [4.78, 5) is 23.9. The van der Waals surface area contributed by atoms with Crippen molar-refractivity contribution < 1.29 is 23.8 Å². The van der Waals surface area contributed by atoms with Crippen LogP contribution in [0.15, 0.2) is 78.9 Å². The molecule has 0 saturated carbocycles. The fourth-order valence-corrected chi connectivity index (χ4v) is 2.66. The Kier molecular flexibility index (Phi) is 7.00. The standard InChI is InChI=1S/C24H22O5/c1-2-27-23(25)19-10-14-22(15-11-19)29-24(26)20-8-12-21(13-9-20)28-17-16-18-6-4-3-5-7-18/h3-15H,2,16-17H2,1H3. The summed E-state index contributed by atoms with van der Waals surface area (Å²) in [5.74, 6) is 0.153. The Balaban J connectivity index is 1.51. The van der Waals surface area contributed by atoms with Crippen LogP contribution in [0.5, 0.6) is 11.5 Å². The van der Waals surface area contributed by atoms with E-state index in [0.29, 0.717) is 35.8 Å². The van der Waals surface area contributed by atoms with Crippen molar-refractivity contribution in [2.24, 2.45) is 0 Å². The SMILES string of the molecule is CCOC(=O)c1ccc(OC(=O)c2ccc(OCCc3ccccc3)cc2)cc1. The Bertz CT molecular complexity index is 931. The zero-order chi connectivity index (χ0) is 20.5. The molecule has 0 radical (unpaired) electrons. The van der Waals surface area contributed by atoms with Crippen LogP contribution in [0.25, 0.3) is 0 Å². The molecule has 3 aromatic rings. The molecular formula is C24H22O5. The number of rotatable bonds is 8. The molecule has 0 bridgehead atoms. The summed E-state index contributed by atoms with van der Waals surface area (Å²) in [5.41, 5.74) is 2.03. The number of esters is 2. The Labute approximate surface area is 169 Å². The number of hydrogen-bond acceptors (Lipinski definition) is 5. The fraction of sp³-hybridized carbons (Fsp3) is 0.167. The van der Waals surface area contributed by atoms with E-state index in [4.69, 9.17) is 14.2 Å². The van der Waals surface area contributed by atoms with Crippen LogP contribution in [0.4, 0.5) is 0 Å². The highest BCUT2D eigenvalue weighted by atomic mass is 16.5. The maximum atomic E-state index is 12.3. The molecule has 0 N–H and O–H groups in total. The number of benzene rings is 3. The summed E-state index contributed by atoms with van der Waals surface area (Å²) in [5, 5.41) is 0. The van der Waals surface area contributed by atoms with E-state index in [1.165, 1.54) is 5.56 Å². The summed E-state index contributed by atoms with van der Waals surface area (Å²) in [6.07, 6.45) is 0.812. The van der Waals surface area contributed by atoms with Crippen molar-refractivity contribution in [2.45, 2.75) is 13.3 Å². The second-order valence-electron chi connectivity index (χ2n) is 6.24. The van der Waals surface area contributed by atoms with Crippen LogP contribution in [0.3, 0.4) is 0 Å². The molecule has 5 nitrogen and oxygen atoms in total. The lowest BCUT2D eigenvalue weighted by Gasteiger charge is -2.08. The average Bonchev–Trinajstić information content (AvgIpc) is 2.75. The lowest BCUT2D eigenvalue weighted by atomic mass is 10.2. The summed E-state index contributed by atoms with van der Waals surface area (Å²) < 4.78 is 16.0. The maximum absolute atomic E-state index is 12.3. The molecule has 29 heavy (non-hydrogen) atoms. The monoisotopic (exact) mass is 390 g/mol. The van der Waals surface area contributed by atoms with Gasteiger partial charge in [0.15, 0.2) is 0 Å². The predicted molar refractivity (Wildman–Crippen MR) is 109 cm³/mol. The topological polar surface area (TPSA) is 61.8 Å². The molecule has 0 saturated heterocycles. The first-order valence-corrected chi connectivity index (χ1v) is 9.42. The van der Waals surface area contributed by atoms with Crippen molar-refractivity contribution in [3.63, 3.8) is 0 Å². The molecule has 3 rings (SSSR count). The summed E-state index contributed by atoms with van der Waals surface area (Å²) >= 11 is 0. The Morgan fingerprint density at radius 3 is 1.93 bits per heavy atom. The number of hydrogen-bond donors (Lipinski definition) is 0. The molecule has 0 spiro atoms. The highest BCUT2D eigenvalue weighted by molar-refractivity contribution is 5.92. The van der Waals surface area contributed by atoms with Crippen molar-refractivity contribution in [1.29, 1.82) is 0 Å². The first kappa shape index (κ1) is 20.1. The lowest BCUT2D eigenvalue weighted by Crippen LogP contribution is -2.09. The Morgan fingerprint density at radius 1 is 0.724 bits per heavy atom. The van der Waals surface area contributed by atoms with Crippen LogP contribution in [-0.2, 0) is 11.2 Å². The molecule has 0 amide bonds. The molecule has 0 unspecified atom stereocenters. The zero-order valence-electron chi connectivity index (χ0n) is 16.2. The third kappa shape index (κ3) is 5.94. The number of carbonyl (C=O) groups is 2. The van der Waals surface area contributed by atoms with E-state index in [1.807, 2.05) is 18.2 Å². The predicted octanol–water partition coefficient (Wildman–Crippen LogP) is 4.70. The molecule has 0 aliphatic rings. The maximum Gasteiger partial charge on any atom is 0.343 e. The molecule has 0 atom stereocenters. The summed E-state index contributed by atoms with van der Waals surface area (Å²) in [6.45, 7) is 2.61. The molecule has 5 heteroatoms. The quantitative estimate of drug-likeness (QED) is 0.412. The molecule has 3 aromatic carbocycles. The normalized spacial score (nSPS) is 10.2. The fourth-order valence-electron chi connectivity index (χ4n) is 2.66. The van der Waals surface area contributed by atoms with Gasteiger partial charge in [-0.05, 0) is 61.0 Å². The summed E-state index contributed by atoms with van der Waals surface area (Å²) in [7, 11) is 0. The minimum atomic E-state index is -0.482. The van der Waals surface area contributed by atoms with Gasteiger partial charge in [0.05, 0.1) is 24.3 Å². The van der Waals surface area contributed by atoms with Crippen LogP contribution in [0, 0.1) is 0 Å². The summed E-state index contributed by atoms with van der Waals surface area (Å²) in [6, 6.07) is 23.1. The van der Waals surface area contributed by atoms with Gasteiger partial charge in [0.25, 0.3) is 0 Å². The third-order valence-corrected chi connectivity index (χ3v) is 4.17. The second-order valence-corrected chi connectivity index (χ2v) is 6.24. The van der Waals surface area contributed by atoms with Gasteiger partial charge < -0.3 is 14.2 Å². The largest absolute Gasteiger partial charge is 0.493 e. The van der Waals surface area contributed by atoms with Crippen LogP contribution in [0.2, 0.25) is 0 Å². The highest BCUT2D eigenvalue weighted by Gasteiger charge is 2.11. The van der Waals surface area contributed by atoms with Crippen LogP contribution in [-0.4, -0.2) is 25.2 Å². The molecule has 0 aromatic heterocycles. The van der Waals surface area contributed by atoms with E-state index in [-0.39, 0.29) is 0 Å². The minimum Gasteiger partial charge on any atom is -0.493 e. The van der Waals surface area contributed by atoms with E-state index in [9.17, 15) is 9.59 Å². The van der Waals surface area contributed by atoms with Gasteiger partial charge in [-0.2, -0.15) is 0 Å². The first-order chi connectivity index (χ1) is 14.2. The zero-order valence-corrected chi connectivity index (χ0v) is 16.2. The van der Waals surface area contributed by atoms with Crippen molar-refractivity contribution in [2.75, 3.05) is 13.2 Å². The van der Waals surface area contributed by atoms with Crippen molar-refractivity contribution in [1.82, 2.24) is 0 Å². The van der Waals surface area contributed by atoms with Crippen LogP contribution < -0.4 is 9.47 Å². The molecule has 0 fully saturated rings. The Hall–Kier alpha value is -3.60. The van der Waals surface area contributed by atoms with Gasteiger partial charge in [-0.15, -0.1) is 0 Å². The van der Waals surface area contributed by atoms with Gasteiger partial charge in [0, 0.05) is 6.42 Å². The van der Waals surface area contributed by atoms with Crippen molar-refractivity contribution in [3.8, 4) is 11.5 Å². The van der Waals surface area contributed by atoms with Crippen LogP contribution >= 0.6 is 0 Å². The van der Waals surface area contributed by atoms with E-state index in [0.717, 1.165) is 6.42 Å². The number of carbonyl (C=O) groups excluding carboxylic acids is 2. The molecule has 0 aliphatic heterocycles. The van der Waals surface area contributed by atoms with E-state index < -0.39 is 11.9 Å². The van der Waals surface area contributed by atoms with Gasteiger partial charge >= 0.3 is 11.9 Å². The van der Waals surface area contributed by atoms with Gasteiger partial charge in [-0.3, -0.25) is 0 Å². The number of ether oxygens (including phenoxy) is 3. The van der Waals surface area contributed by atoms with Gasteiger partial charge in [0.1, 0.15) is 11.5 Å². The third-order valence-electron chi connectivity index (χ3n) is 4.17. The molecule has 0 heterocycles. The van der Waals surface area contributed by atoms with Crippen molar-refractivity contribution in [3.05, 3.63) is 95.6 Å². The van der Waals surface area contributed by atoms with Gasteiger partial charge in [-0.25, -0.2) is 9.59 Å². The van der Waals surface area contributed by atoms with E-state index in [2.05, 4.69) is 12.1 Å². The lowest BCUT2D eigenvalue weighted by molar-refractivity contribution is 0.0526. The minimum absolute atomic E-state index is 0.307. The van der Waals surface area contributed by atoms with E-state index >= 15 is 0 Å². The highest BCUT2D eigenvalue weighted by Crippen LogP contribution is 2.17. The average molecular weight is 390 g/mol. The molecule has 148 valence electrons. The van der Waals surface area contributed by atoms with Crippen molar-refractivity contribution >= 4 is 11.9 Å². The first-order valence-electron chi connectivity index (χ1n) is 9.42. The smallest absolute Gasteiger partial charge is 0.343 e. The molecular weight excluding hydrogens is 368 g/mol. The van der Waals surface area contributed by atoms with Gasteiger partial charge in [0.2, 0.25) is 0 Å². The molecule has 0 aliphatic carbocycles. The second kappa shape index (κ2) is 10.1. The van der Waals surface area contributed by atoms with Gasteiger partial charge in [-0.1, -0.05) is 30.3 Å². The van der Waals surface area contributed by atoms with E-state index in [1.54, 1.807) is 55.5 Å². The van der Waals surface area contributed by atoms with Crippen LogP contribution in [0.1, 0.15) is 33.2 Å². The Morgan fingerprint density at radius 2 is 1.31 bits per heavy atom.